The molecule has 0 aliphatic heterocycles. The Bertz CT molecular complexity index is 1160. The summed E-state index contributed by atoms with van der Waals surface area (Å²) in [5, 5.41) is 1.13. The minimum atomic E-state index is -0.591. The average molecular weight is 432 g/mol. The number of para-hydroxylation sites is 1. The van der Waals surface area contributed by atoms with E-state index in [1.807, 2.05) is 30.3 Å². The van der Waals surface area contributed by atoms with Crippen molar-refractivity contribution in [2.24, 2.45) is 0 Å². The third kappa shape index (κ3) is 5.55. The molecule has 164 valence electrons. The first-order chi connectivity index (χ1) is 15.4. The van der Waals surface area contributed by atoms with Crippen LogP contribution in [0.25, 0.3) is 10.8 Å². The lowest BCUT2D eigenvalue weighted by atomic mass is 10.1. The van der Waals surface area contributed by atoms with Crippen LogP contribution in [-0.4, -0.2) is 25.2 Å². The summed E-state index contributed by atoms with van der Waals surface area (Å²) in [5.74, 6) is 0.262. The Morgan fingerprint density at radius 2 is 1.28 bits per heavy atom. The first-order valence-electron chi connectivity index (χ1n) is 9.98. The highest BCUT2D eigenvalue weighted by Gasteiger charge is 2.20. The minimum Gasteiger partial charge on any atom is -0.490 e. The van der Waals surface area contributed by atoms with Crippen LogP contribution in [-0.2, 0) is 9.59 Å². The molecule has 32 heavy (non-hydrogen) atoms. The predicted molar refractivity (Wildman–Crippen MR) is 122 cm³/mol. The van der Waals surface area contributed by atoms with Gasteiger partial charge in [0.25, 0.3) is 0 Å². The van der Waals surface area contributed by atoms with Crippen LogP contribution in [0, 0.1) is 0 Å². The number of esters is 2. The van der Waals surface area contributed by atoms with Gasteiger partial charge in [-0.15, -0.1) is 0 Å². The van der Waals surface area contributed by atoms with Gasteiger partial charge in [0, 0.05) is 28.0 Å². The molecule has 3 aromatic rings. The quantitative estimate of drug-likeness (QED) is 0.199. The number of rotatable bonds is 9. The maximum Gasteiger partial charge on any atom is 0.338 e. The van der Waals surface area contributed by atoms with E-state index in [1.54, 1.807) is 38.1 Å². The Balaban J connectivity index is 1.94. The molecule has 0 saturated carbocycles. The van der Waals surface area contributed by atoms with Gasteiger partial charge >= 0.3 is 11.9 Å². The molecule has 0 amide bonds. The lowest BCUT2D eigenvalue weighted by molar-refractivity contribution is -0.131. The zero-order chi connectivity index (χ0) is 23.1. The number of ether oxygens (including phenoxy) is 4. The molecule has 0 aliphatic rings. The highest BCUT2D eigenvalue weighted by molar-refractivity contribution is 6.01. The van der Waals surface area contributed by atoms with Crippen LogP contribution in [0.15, 0.2) is 85.0 Å². The maximum atomic E-state index is 12.3. The van der Waals surface area contributed by atoms with Gasteiger partial charge in [0.1, 0.15) is 24.7 Å². The van der Waals surface area contributed by atoms with Crippen LogP contribution >= 0.6 is 0 Å². The van der Waals surface area contributed by atoms with E-state index >= 15 is 0 Å². The van der Waals surface area contributed by atoms with Crippen LogP contribution < -0.4 is 18.9 Å². The van der Waals surface area contributed by atoms with Crippen molar-refractivity contribution in [1.82, 2.24) is 0 Å². The van der Waals surface area contributed by atoms with Gasteiger partial charge in [0.15, 0.2) is 11.5 Å². The van der Waals surface area contributed by atoms with Crippen molar-refractivity contribution in [3.8, 4) is 23.0 Å². The Hall–Kier alpha value is -4.06. The average Bonchev–Trinajstić information content (AvgIpc) is 2.79. The molecule has 0 radical (unpaired) electrons. The van der Waals surface area contributed by atoms with Crippen LogP contribution in [0.3, 0.4) is 0 Å². The van der Waals surface area contributed by atoms with E-state index in [9.17, 15) is 9.59 Å². The number of benzene rings is 3. The molecule has 0 aliphatic carbocycles. The molecule has 0 heterocycles. The third-order valence-electron chi connectivity index (χ3n) is 4.37. The molecule has 6 heteroatoms. The van der Waals surface area contributed by atoms with Crippen molar-refractivity contribution in [2.75, 3.05) is 13.2 Å². The Morgan fingerprint density at radius 1 is 0.719 bits per heavy atom. The first kappa shape index (κ1) is 22.6. The third-order valence-corrected chi connectivity index (χ3v) is 4.37. The number of hydrogen-bond donors (Lipinski definition) is 0. The Kier molecular flexibility index (Phi) is 7.29. The molecule has 0 N–H and O–H groups in total. The zero-order valence-corrected chi connectivity index (χ0v) is 18.1. The smallest absolute Gasteiger partial charge is 0.338 e. The second-order valence-corrected chi connectivity index (χ2v) is 7.10. The van der Waals surface area contributed by atoms with Gasteiger partial charge in [-0.05, 0) is 26.0 Å². The second kappa shape index (κ2) is 10.3. The van der Waals surface area contributed by atoms with Gasteiger partial charge in [-0.2, -0.15) is 0 Å². The fraction of sp³-hybridized carbons (Fsp3) is 0.154. The molecule has 0 bridgehead atoms. The predicted octanol–water partition coefficient (Wildman–Crippen LogP) is 5.26. The van der Waals surface area contributed by atoms with Crippen LogP contribution in [0.5, 0.6) is 23.0 Å². The lowest BCUT2D eigenvalue weighted by Crippen LogP contribution is -2.14. The van der Waals surface area contributed by atoms with Gasteiger partial charge in [0.05, 0.1) is 0 Å². The normalized spacial score (nSPS) is 10.3. The van der Waals surface area contributed by atoms with Gasteiger partial charge in [-0.3, -0.25) is 0 Å². The summed E-state index contributed by atoms with van der Waals surface area (Å²) in [7, 11) is 0. The molecule has 0 spiro atoms. The summed E-state index contributed by atoms with van der Waals surface area (Å²) in [5.41, 5.74) is 0.496. The van der Waals surface area contributed by atoms with E-state index in [0.717, 1.165) is 0 Å². The van der Waals surface area contributed by atoms with E-state index in [2.05, 4.69) is 13.2 Å². The van der Waals surface area contributed by atoms with E-state index in [-0.39, 0.29) is 41.6 Å². The number of hydrogen-bond acceptors (Lipinski definition) is 6. The van der Waals surface area contributed by atoms with E-state index in [1.165, 1.54) is 6.07 Å². The van der Waals surface area contributed by atoms with Crippen molar-refractivity contribution in [2.45, 2.75) is 13.8 Å². The number of fused-ring (bicyclic) bond motifs is 1. The molecule has 0 saturated heterocycles. The van der Waals surface area contributed by atoms with Gasteiger partial charge in [-0.25, -0.2) is 9.59 Å². The molecule has 0 unspecified atom stereocenters. The molecule has 3 aromatic carbocycles. The number of carbonyl (C=O) groups excluding carboxylic acids is 2. The molecule has 6 nitrogen and oxygen atoms in total. The highest BCUT2D eigenvalue weighted by atomic mass is 16.6. The van der Waals surface area contributed by atoms with Crippen LogP contribution in [0.4, 0.5) is 0 Å². The van der Waals surface area contributed by atoms with Crippen LogP contribution in [0.1, 0.15) is 13.8 Å². The highest BCUT2D eigenvalue weighted by Crippen LogP contribution is 2.42. The SMILES string of the molecule is C=C(C)C(=O)Oc1cc(OCCOc2ccccc2)c(OC(=O)C(=C)C)c2ccccc12. The van der Waals surface area contributed by atoms with Gasteiger partial charge < -0.3 is 18.9 Å². The summed E-state index contributed by atoms with van der Waals surface area (Å²) >= 11 is 0. The van der Waals surface area contributed by atoms with Gasteiger partial charge in [0.2, 0.25) is 0 Å². The van der Waals surface area contributed by atoms with Gasteiger partial charge in [-0.1, -0.05) is 55.6 Å². The summed E-state index contributed by atoms with van der Waals surface area (Å²) in [6.45, 7) is 10.8. The van der Waals surface area contributed by atoms with Crippen molar-refractivity contribution in [3.05, 3.63) is 85.0 Å². The lowest BCUT2D eigenvalue weighted by Gasteiger charge is -2.17. The topological polar surface area (TPSA) is 71.1 Å². The maximum absolute atomic E-state index is 12.3. The number of carbonyl (C=O) groups is 2. The summed E-state index contributed by atoms with van der Waals surface area (Å²) in [4.78, 5) is 24.4. The molecule has 0 fully saturated rings. The Labute approximate surface area is 186 Å². The van der Waals surface area contributed by atoms with E-state index in [4.69, 9.17) is 18.9 Å². The van der Waals surface area contributed by atoms with Crippen molar-refractivity contribution in [3.63, 3.8) is 0 Å². The largest absolute Gasteiger partial charge is 0.490 e. The van der Waals surface area contributed by atoms with Crippen molar-refractivity contribution < 1.29 is 28.5 Å². The van der Waals surface area contributed by atoms with Crippen LogP contribution in [0.2, 0.25) is 0 Å². The van der Waals surface area contributed by atoms with E-state index < -0.39 is 11.9 Å². The standard InChI is InChI=1S/C26H24O6/c1-17(2)25(27)31-22-16-23(30-15-14-29-19-10-6-5-7-11-19)24(32-26(28)18(3)4)21-13-9-8-12-20(21)22/h5-13,16H,1,3,14-15H2,2,4H3. The fourth-order valence-electron chi connectivity index (χ4n) is 2.78. The first-order valence-corrected chi connectivity index (χ1v) is 9.98. The molecule has 3 rings (SSSR count). The molecular formula is C26H24O6. The molecule has 0 atom stereocenters. The van der Waals surface area contributed by atoms with Crippen molar-refractivity contribution in [1.29, 1.82) is 0 Å². The monoisotopic (exact) mass is 432 g/mol. The Morgan fingerprint density at radius 3 is 1.94 bits per heavy atom. The minimum absolute atomic E-state index is 0.165. The summed E-state index contributed by atoms with van der Waals surface area (Å²) in [6.07, 6.45) is 0. The molecule has 0 aromatic heterocycles. The zero-order valence-electron chi connectivity index (χ0n) is 18.1. The fourth-order valence-corrected chi connectivity index (χ4v) is 2.78. The summed E-state index contributed by atoms with van der Waals surface area (Å²) in [6, 6.07) is 17.9. The second-order valence-electron chi connectivity index (χ2n) is 7.10. The molecular weight excluding hydrogens is 408 g/mol. The van der Waals surface area contributed by atoms with E-state index in [0.29, 0.717) is 16.5 Å². The van der Waals surface area contributed by atoms with Crippen molar-refractivity contribution >= 4 is 22.7 Å². The summed E-state index contributed by atoms with van der Waals surface area (Å²) < 4.78 is 22.6.